The normalized spacial score (nSPS) is 16.2. The lowest BCUT2D eigenvalue weighted by atomic mass is 9.98. The standard InChI is InChI=1S/C18H25FN2O2/c19-16-8-5-14(6-9-16)11-15(18(20)23)12-21-17(22)10-7-13-3-1-2-4-13/h5-6,8-9,13,15H,1-4,7,10-12H2,(H2,20,23)(H,21,22)/t15-/m1/s1. The van der Waals surface area contributed by atoms with Gasteiger partial charge in [-0.3, -0.25) is 9.59 Å². The number of hydrogen-bond donors (Lipinski definition) is 2. The number of carbonyl (C=O) groups is 2. The first-order valence-corrected chi connectivity index (χ1v) is 8.35. The Labute approximate surface area is 136 Å². The maximum atomic E-state index is 12.9. The number of amides is 2. The van der Waals surface area contributed by atoms with Gasteiger partial charge in [0.25, 0.3) is 0 Å². The smallest absolute Gasteiger partial charge is 0.222 e. The molecule has 0 aliphatic heterocycles. The molecule has 23 heavy (non-hydrogen) atoms. The van der Waals surface area contributed by atoms with Crippen molar-refractivity contribution >= 4 is 11.8 Å². The van der Waals surface area contributed by atoms with Gasteiger partial charge in [-0.1, -0.05) is 37.8 Å². The van der Waals surface area contributed by atoms with Gasteiger partial charge in [-0.25, -0.2) is 4.39 Å². The molecule has 2 rings (SSSR count). The SMILES string of the molecule is NC(=O)[C@@H](CNC(=O)CCC1CCCC1)Cc1ccc(F)cc1. The van der Waals surface area contributed by atoms with Crippen LogP contribution in [0.25, 0.3) is 0 Å². The van der Waals surface area contributed by atoms with Gasteiger partial charge in [0.2, 0.25) is 11.8 Å². The third kappa shape index (κ3) is 6.00. The van der Waals surface area contributed by atoms with Crippen LogP contribution in [0, 0.1) is 17.7 Å². The summed E-state index contributed by atoms with van der Waals surface area (Å²) in [6, 6.07) is 5.97. The summed E-state index contributed by atoms with van der Waals surface area (Å²) in [7, 11) is 0. The maximum absolute atomic E-state index is 12.9. The van der Waals surface area contributed by atoms with E-state index in [2.05, 4.69) is 5.32 Å². The van der Waals surface area contributed by atoms with Crippen molar-refractivity contribution in [3.05, 3.63) is 35.6 Å². The Balaban J connectivity index is 1.76. The Kier molecular flexibility index (Phi) is 6.56. The zero-order valence-electron chi connectivity index (χ0n) is 13.4. The van der Waals surface area contributed by atoms with Crippen molar-refractivity contribution in [2.24, 2.45) is 17.6 Å². The Bertz CT molecular complexity index is 524. The maximum Gasteiger partial charge on any atom is 0.222 e. The number of carbonyl (C=O) groups excluding carboxylic acids is 2. The van der Waals surface area contributed by atoms with E-state index in [0.29, 0.717) is 18.8 Å². The Morgan fingerprint density at radius 1 is 1.22 bits per heavy atom. The van der Waals surface area contributed by atoms with Crippen LogP contribution in [-0.4, -0.2) is 18.4 Å². The molecule has 2 amide bonds. The first-order valence-electron chi connectivity index (χ1n) is 8.35. The molecule has 0 radical (unpaired) electrons. The van der Waals surface area contributed by atoms with E-state index in [1.54, 1.807) is 12.1 Å². The van der Waals surface area contributed by atoms with Crippen LogP contribution in [-0.2, 0) is 16.0 Å². The molecular formula is C18H25FN2O2. The molecule has 0 unspecified atom stereocenters. The van der Waals surface area contributed by atoms with Gasteiger partial charge in [0.1, 0.15) is 5.82 Å². The van der Waals surface area contributed by atoms with Crippen LogP contribution in [0.4, 0.5) is 4.39 Å². The second kappa shape index (κ2) is 8.65. The van der Waals surface area contributed by atoms with Crippen LogP contribution >= 0.6 is 0 Å². The van der Waals surface area contributed by atoms with Gasteiger partial charge in [0.05, 0.1) is 5.92 Å². The molecule has 3 N–H and O–H groups in total. The average molecular weight is 320 g/mol. The molecule has 0 aromatic heterocycles. The number of halogens is 1. The molecule has 5 heteroatoms. The first-order chi connectivity index (χ1) is 11.0. The molecule has 0 spiro atoms. The number of nitrogens with two attached hydrogens (primary N) is 1. The van der Waals surface area contributed by atoms with E-state index in [-0.39, 0.29) is 18.3 Å². The lowest BCUT2D eigenvalue weighted by Gasteiger charge is -2.15. The van der Waals surface area contributed by atoms with E-state index >= 15 is 0 Å². The van der Waals surface area contributed by atoms with E-state index in [1.807, 2.05) is 0 Å². The fourth-order valence-electron chi connectivity index (χ4n) is 3.14. The summed E-state index contributed by atoms with van der Waals surface area (Å²) in [6.07, 6.45) is 6.82. The summed E-state index contributed by atoms with van der Waals surface area (Å²) in [5.41, 5.74) is 6.24. The monoisotopic (exact) mass is 320 g/mol. The largest absolute Gasteiger partial charge is 0.369 e. The third-order valence-electron chi connectivity index (χ3n) is 4.60. The van der Waals surface area contributed by atoms with Crippen LogP contribution in [0.2, 0.25) is 0 Å². The predicted molar refractivity (Wildman–Crippen MR) is 87.0 cm³/mol. The number of rotatable bonds is 8. The topological polar surface area (TPSA) is 72.2 Å². The molecule has 4 nitrogen and oxygen atoms in total. The fraction of sp³-hybridized carbons (Fsp3) is 0.556. The first kappa shape index (κ1) is 17.4. The summed E-state index contributed by atoms with van der Waals surface area (Å²) in [6.45, 7) is 0.232. The van der Waals surface area contributed by atoms with Crippen molar-refractivity contribution < 1.29 is 14.0 Å². The highest BCUT2D eigenvalue weighted by Gasteiger charge is 2.19. The Morgan fingerprint density at radius 2 is 1.87 bits per heavy atom. The number of hydrogen-bond acceptors (Lipinski definition) is 2. The van der Waals surface area contributed by atoms with Gasteiger partial charge < -0.3 is 11.1 Å². The predicted octanol–water partition coefficient (Wildman–Crippen LogP) is 2.56. The van der Waals surface area contributed by atoms with Gasteiger partial charge in [-0.05, 0) is 36.5 Å². The van der Waals surface area contributed by atoms with Gasteiger partial charge in [0, 0.05) is 13.0 Å². The number of nitrogens with one attached hydrogen (secondary N) is 1. The minimum absolute atomic E-state index is 0.0257. The molecule has 1 fully saturated rings. The minimum atomic E-state index is -0.476. The van der Waals surface area contributed by atoms with Crippen LogP contribution in [0.3, 0.4) is 0 Å². The molecular weight excluding hydrogens is 295 g/mol. The van der Waals surface area contributed by atoms with Crippen molar-refractivity contribution in [3.63, 3.8) is 0 Å². The molecule has 1 atom stereocenters. The lowest BCUT2D eigenvalue weighted by molar-refractivity contribution is -0.123. The molecule has 0 heterocycles. The lowest BCUT2D eigenvalue weighted by Crippen LogP contribution is -2.37. The van der Waals surface area contributed by atoms with Crippen molar-refractivity contribution in [1.29, 1.82) is 0 Å². The van der Waals surface area contributed by atoms with E-state index in [1.165, 1.54) is 37.8 Å². The van der Waals surface area contributed by atoms with Crippen LogP contribution < -0.4 is 11.1 Å². The molecule has 1 aromatic rings. The number of benzene rings is 1. The Hall–Kier alpha value is -1.91. The molecule has 1 aliphatic carbocycles. The summed E-state index contributed by atoms with van der Waals surface area (Å²) < 4.78 is 12.9. The van der Waals surface area contributed by atoms with E-state index in [0.717, 1.165) is 12.0 Å². The molecule has 1 saturated carbocycles. The van der Waals surface area contributed by atoms with Crippen LogP contribution in [0.5, 0.6) is 0 Å². The zero-order valence-corrected chi connectivity index (χ0v) is 13.4. The summed E-state index contributed by atoms with van der Waals surface area (Å²) in [5.74, 6) is -0.597. The van der Waals surface area contributed by atoms with Gasteiger partial charge >= 0.3 is 0 Å². The van der Waals surface area contributed by atoms with Crippen LogP contribution in [0.1, 0.15) is 44.1 Å². The van der Waals surface area contributed by atoms with Crippen molar-refractivity contribution in [1.82, 2.24) is 5.32 Å². The van der Waals surface area contributed by atoms with Gasteiger partial charge in [0.15, 0.2) is 0 Å². The molecule has 0 saturated heterocycles. The molecule has 1 aromatic carbocycles. The van der Waals surface area contributed by atoms with Gasteiger partial charge in [-0.2, -0.15) is 0 Å². The molecule has 126 valence electrons. The zero-order chi connectivity index (χ0) is 16.7. The quantitative estimate of drug-likeness (QED) is 0.772. The average Bonchev–Trinajstić information content (AvgIpc) is 3.04. The van der Waals surface area contributed by atoms with Crippen molar-refractivity contribution in [2.45, 2.75) is 44.9 Å². The second-order valence-corrected chi connectivity index (χ2v) is 6.42. The molecule has 0 bridgehead atoms. The number of primary amides is 1. The van der Waals surface area contributed by atoms with E-state index < -0.39 is 11.8 Å². The summed E-state index contributed by atoms with van der Waals surface area (Å²) in [5, 5.41) is 2.81. The third-order valence-corrected chi connectivity index (χ3v) is 4.60. The fourth-order valence-corrected chi connectivity index (χ4v) is 3.14. The minimum Gasteiger partial charge on any atom is -0.369 e. The second-order valence-electron chi connectivity index (χ2n) is 6.42. The molecule has 1 aliphatic rings. The highest BCUT2D eigenvalue weighted by molar-refractivity contribution is 5.79. The van der Waals surface area contributed by atoms with Gasteiger partial charge in [-0.15, -0.1) is 0 Å². The summed E-state index contributed by atoms with van der Waals surface area (Å²) >= 11 is 0. The highest BCUT2D eigenvalue weighted by atomic mass is 19.1. The van der Waals surface area contributed by atoms with Crippen molar-refractivity contribution in [2.75, 3.05) is 6.54 Å². The summed E-state index contributed by atoms with van der Waals surface area (Å²) in [4.78, 5) is 23.5. The highest BCUT2D eigenvalue weighted by Crippen LogP contribution is 2.28. The van der Waals surface area contributed by atoms with Crippen LogP contribution in [0.15, 0.2) is 24.3 Å². The van der Waals surface area contributed by atoms with E-state index in [9.17, 15) is 14.0 Å². The van der Waals surface area contributed by atoms with Crippen molar-refractivity contribution in [3.8, 4) is 0 Å². The van der Waals surface area contributed by atoms with E-state index in [4.69, 9.17) is 5.73 Å². The Morgan fingerprint density at radius 3 is 2.48 bits per heavy atom.